The molecule has 0 aliphatic heterocycles. The van der Waals surface area contributed by atoms with Crippen LogP contribution >= 0.6 is 11.3 Å². The Hall–Kier alpha value is -3.25. The number of para-hydroxylation sites is 1. The van der Waals surface area contributed by atoms with Gasteiger partial charge in [0.2, 0.25) is 5.91 Å². The lowest BCUT2D eigenvalue weighted by molar-refractivity contribution is -0.132. The van der Waals surface area contributed by atoms with E-state index in [-0.39, 0.29) is 17.5 Å². The minimum atomic E-state index is -0.359. The van der Waals surface area contributed by atoms with Gasteiger partial charge in [0.05, 0.1) is 29.1 Å². The number of aromatic nitrogens is 2. The molecule has 0 saturated heterocycles. The molecular formula is C28H31N3O2S. The predicted molar refractivity (Wildman–Crippen MR) is 140 cm³/mol. The molecule has 1 atom stereocenters. The first-order valence-corrected chi connectivity index (χ1v) is 12.8. The fourth-order valence-corrected chi connectivity index (χ4v) is 5.01. The summed E-state index contributed by atoms with van der Waals surface area (Å²) in [6.07, 6.45) is 3.39. The van der Waals surface area contributed by atoms with Crippen molar-refractivity contribution in [3.63, 3.8) is 0 Å². The van der Waals surface area contributed by atoms with E-state index in [9.17, 15) is 9.59 Å². The van der Waals surface area contributed by atoms with Crippen LogP contribution < -0.4 is 5.56 Å². The zero-order chi connectivity index (χ0) is 24.1. The summed E-state index contributed by atoms with van der Waals surface area (Å²) in [6.45, 7) is 6.78. The molecule has 1 amide bonds. The first kappa shape index (κ1) is 23.9. The number of amides is 1. The smallest absolute Gasteiger partial charge is 0.266 e. The minimum Gasteiger partial charge on any atom is -0.332 e. The summed E-state index contributed by atoms with van der Waals surface area (Å²) in [5.41, 5.74) is 2.36. The number of nitrogens with zero attached hydrogens (tertiary/aromatic N) is 3. The molecule has 1 unspecified atom stereocenters. The number of unbranched alkanes of at least 4 members (excludes halogenated alkanes) is 2. The molecule has 0 aliphatic rings. The van der Waals surface area contributed by atoms with E-state index in [1.165, 1.54) is 0 Å². The SMILES string of the molecule is CCCCCN(C(=O)Cc1cccs1)C(C)c1nc2ccccc2c(=O)n1-c1cccc(C)c1. The van der Waals surface area contributed by atoms with Crippen LogP contribution in [-0.2, 0) is 11.2 Å². The van der Waals surface area contributed by atoms with Crippen LogP contribution in [0.4, 0.5) is 0 Å². The van der Waals surface area contributed by atoms with Gasteiger partial charge in [0.25, 0.3) is 5.56 Å². The normalized spacial score (nSPS) is 12.1. The Kier molecular flexibility index (Phi) is 7.58. The van der Waals surface area contributed by atoms with E-state index in [1.54, 1.807) is 15.9 Å². The highest BCUT2D eigenvalue weighted by molar-refractivity contribution is 7.10. The van der Waals surface area contributed by atoms with Crippen LogP contribution in [0.15, 0.2) is 70.8 Å². The van der Waals surface area contributed by atoms with Gasteiger partial charge in [-0.3, -0.25) is 14.2 Å². The molecule has 4 rings (SSSR count). The first-order valence-electron chi connectivity index (χ1n) is 11.9. The number of fused-ring (bicyclic) bond motifs is 1. The summed E-state index contributed by atoms with van der Waals surface area (Å²) in [6, 6.07) is 18.9. The summed E-state index contributed by atoms with van der Waals surface area (Å²) in [5, 5.41) is 2.57. The molecule has 6 heteroatoms. The van der Waals surface area contributed by atoms with Crippen LogP contribution in [0.5, 0.6) is 0 Å². The van der Waals surface area contributed by atoms with Crippen LogP contribution in [0, 0.1) is 6.92 Å². The van der Waals surface area contributed by atoms with Crippen molar-refractivity contribution in [3.05, 3.63) is 92.7 Å². The number of carbonyl (C=O) groups is 1. The standard InChI is InChI=1S/C28H31N3O2S/c1-4-5-8-16-30(26(32)19-23-13-10-17-34-23)21(3)27-29-25-15-7-6-14-24(25)28(33)31(27)22-12-9-11-20(2)18-22/h6-7,9-15,17-18,21H,4-5,8,16,19H2,1-3H3. The summed E-state index contributed by atoms with van der Waals surface area (Å²) in [7, 11) is 0. The molecule has 34 heavy (non-hydrogen) atoms. The van der Waals surface area contributed by atoms with Gasteiger partial charge in [-0.05, 0) is 61.5 Å². The molecule has 0 radical (unpaired) electrons. The average molecular weight is 474 g/mol. The fourth-order valence-electron chi connectivity index (χ4n) is 4.32. The number of thiophene rings is 1. The number of hydrogen-bond acceptors (Lipinski definition) is 4. The van der Waals surface area contributed by atoms with Crippen molar-refractivity contribution in [2.45, 2.75) is 52.5 Å². The summed E-state index contributed by atoms with van der Waals surface area (Å²) in [4.78, 5) is 35.1. The highest BCUT2D eigenvalue weighted by Crippen LogP contribution is 2.25. The van der Waals surface area contributed by atoms with Crippen LogP contribution in [0.3, 0.4) is 0 Å². The van der Waals surface area contributed by atoms with Gasteiger partial charge in [-0.2, -0.15) is 0 Å². The largest absolute Gasteiger partial charge is 0.332 e. The zero-order valence-electron chi connectivity index (χ0n) is 20.0. The second kappa shape index (κ2) is 10.8. The molecule has 4 aromatic rings. The maximum Gasteiger partial charge on any atom is 0.266 e. The van der Waals surface area contributed by atoms with Crippen molar-refractivity contribution < 1.29 is 4.79 Å². The molecule has 0 aliphatic carbocycles. The molecule has 0 fully saturated rings. The Labute approximate surface area is 204 Å². The van der Waals surface area contributed by atoms with Gasteiger partial charge in [0, 0.05) is 11.4 Å². The fraction of sp³-hybridized carbons (Fsp3) is 0.321. The van der Waals surface area contributed by atoms with Gasteiger partial charge < -0.3 is 4.90 Å². The molecule has 2 heterocycles. The Morgan fingerprint density at radius 1 is 1.09 bits per heavy atom. The van der Waals surface area contributed by atoms with E-state index in [2.05, 4.69) is 6.92 Å². The van der Waals surface area contributed by atoms with E-state index in [1.807, 2.05) is 84.8 Å². The van der Waals surface area contributed by atoms with Gasteiger partial charge in [0.1, 0.15) is 5.82 Å². The topological polar surface area (TPSA) is 55.2 Å². The lowest BCUT2D eigenvalue weighted by atomic mass is 10.1. The lowest BCUT2D eigenvalue weighted by Gasteiger charge is -2.31. The van der Waals surface area contributed by atoms with Crippen molar-refractivity contribution >= 4 is 28.1 Å². The van der Waals surface area contributed by atoms with Gasteiger partial charge in [0.15, 0.2) is 0 Å². The van der Waals surface area contributed by atoms with E-state index < -0.39 is 0 Å². The van der Waals surface area contributed by atoms with Crippen molar-refractivity contribution in [1.29, 1.82) is 0 Å². The Morgan fingerprint density at radius 3 is 2.65 bits per heavy atom. The third-order valence-corrected chi connectivity index (χ3v) is 7.01. The maximum atomic E-state index is 13.7. The van der Waals surface area contributed by atoms with Crippen LogP contribution in [0.1, 0.15) is 55.4 Å². The van der Waals surface area contributed by atoms with Crippen LogP contribution in [-0.4, -0.2) is 26.9 Å². The third kappa shape index (κ3) is 5.12. The second-order valence-corrected chi connectivity index (χ2v) is 9.73. The number of carbonyl (C=O) groups excluding carboxylic acids is 1. The van der Waals surface area contributed by atoms with Gasteiger partial charge >= 0.3 is 0 Å². The molecule has 2 aromatic heterocycles. The summed E-state index contributed by atoms with van der Waals surface area (Å²) in [5.74, 6) is 0.648. The highest BCUT2D eigenvalue weighted by Gasteiger charge is 2.27. The van der Waals surface area contributed by atoms with E-state index in [0.29, 0.717) is 29.7 Å². The van der Waals surface area contributed by atoms with Crippen molar-refractivity contribution in [1.82, 2.24) is 14.5 Å². The lowest BCUT2D eigenvalue weighted by Crippen LogP contribution is -2.38. The van der Waals surface area contributed by atoms with Crippen LogP contribution in [0.25, 0.3) is 16.6 Å². The average Bonchev–Trinajstić information content (AvgIpc) is 3.34. The number of benzene rings is 2. The molecule has 5 nitrogen and oxygen atoms in total. The molecule has 176 valence electrons. The molecule has 0 saturated carbocycles. The van der Waals surface area contributed by atoms with Gasteiger partial charge in [-0.15, -0.1) is 11.3 Å². The quantitative estimate of drug-likeness (QED) is 0.277. The van der Waals surface area contributed by atoms with Crippen molar-refractivity contribution in [2.24, 2.45) is 0 Å². The maximum absolute atomic E-state index is 13.7. The van der Waals surface area contributed by atoms with Gasteiger partial charge in [-0.1, -0.05) is 50.1 Å². The van der Waals surface area contributed by atoms with Crippen LogP contribution in [0.2, 0.25) is 0 Å². The van der Waals surface area contributed by atoms with Crippen molar-refractivity contribution in [2.75, 3.05) is 6.54 Å². The Balaban J connectivity index is 1.83. The van der Waals surface area contributed by atoms with E-state index >= 15 is 0 Å². The summed E-state index contributed by atoms with van der Waals surface area (Å²) < 4.78 is 1.69. The highest BCUT2D eigenvalue weighted by atomic mass is 32.1. The molecule has 0 bridgehead atoms. The molecule has 2 aromatic carbocycles. The zero-order valence-corrected chi connectivity index (χ0v) is 20.8. The summed E-state index contributed by atoms with van der Waals surface area (Å²) >= 11 is 1.59. The van der Waals surface area contributed by atoms with Crippen molar-refractivity contribution in [3.8, 4) is 5.69 Å². The monoisotopic (exact) mass is 473 g/mol. The number of rotatable bonds is 9. The first-order chi connectivity index (χ1) is 16.5. The third-order valence-electron chi connectivity index (χ3n) is 6.13. The Bertz CT molecular complexity index is 1330. The Morgan fingerprint density at radius 2 is 1.91 bits per heavy atom. The molecular weight excluding hydrogens is 442 g/mol. The second-order valence-electron chi connectivity index (χ2n) is 8.69. The number of aryl methyl sites for hydroxylation is 1. The predicted octanol–water partition coefficient (Wildman–Crippen LogP) is 6.08. The van der Waals surface area contributed by atoms with E-state index in [4.69, 9.17) is 4.98 Å². The minimum absolute atomic E-state index is 0.0595. The number of hydrogen-bond donors (Lipinski definition) is 0. The molecule has 0 N–H and O–H groups in total. The van der Waals surface area contributed by atoms with Gasteiger partial charge in [-0.25, -0.2) is 4.98 Å². The van der Waals surface area contributed by atoms with E-state index in [0.717, 1.165) is 35.4 Å². The molecule has 0 spiro atoms.